The third-order valence-corrected chi connectivity index (χ3v) is 2.31. The monoisotopic (exact) mass is 239 g/mol. The summed E-state index contributed by atoms with van der Waals surface area (Å²) in [6, 6.07) is 2.86. The van der Waals surface area contributed by atoms with Crippen LogP contribution in [-0.2, 0) is 6.54 Å². The smallest absolute Gasteiger partial charge is 0.285 e. The first-order valence-electron chi connectivity index (χ1n) is 5.59. The van der Waals surface area contributed by atoms with Gasteiger partial charge in [0.15, 0.2) is 0 Å². The number of hydrogen-bond donors (Lipinski definition) is 1. The van der Waals surface area contributed by atoms with E-state index in [0.717, 1.165) is 13.0 Å². The molecule has 1 heterocycles. The molecule has 0 aliphatic carbocycles. The highest BCUT2D eigenvalue weighted by Gasteiger charge is 2.07. The number of nitrogens with one attached hydrogen (secondary N) is 1. The van der Waals surface area contributed by atoms with Gasteiger partial charge in [-0.1, -0.05) is 13.8 Å². The number of rotatable bonds is 6. The summed E-state index contributed by atoms with van der Waals surface area (Å²) in [4.78, 5) is 21.5. The molecule has 6 nitrogen and oxygen atoms in total. The zero-order chi connectivity index (χ0) is 12.8. The molecule has 0 fully saturated rings. The van der Waals surface area contributed by atoms with Crippen molar-refractivity contribution in [2.75, 3.05) is 6.54 Å². The van der Waals surface area contributed by atoms with Crippen LogP contribution in [0.25, 0.3) is 0 Å². The maximum absolute atomic E-state index is 11.4. The number of pyridine rings is 1. The van der Waals surface area contributed by atoms with Crippen molar-refractivity contribution in [1.29, 1.82) is 0 Å². The van der Waals surface area contributed by atoms with Gasteiger partial charge in [-0.05, 0) is 13.0 Å². The molecule has 94 valence electrons. The van der Waals surface area contributed by atoms with Crippen LogP contribution in [0, 0.1) is 10.1 Å². The highest BCUT2D eigenvalue weighted by Crippen LogP contribution is 2.06. The van der Waals surface area contributed by atoms with E-state index in [1.807, 2.05) is 13.8 Å². The van der Waals surface area contributed by atoms with Crippen molar-refractivity contribution in [3.8, 4) is 0 Å². The molecule has 0 amide bonds. The highest BCUT2D eigenvalue weighted by atomic mass is 16.6. The van der Waals surface area contributed by atoms with Crippen LogP contribution in [0.4, 0.5) is 5.69 Å². The van der Waals surface area contributed by atoms with Gasteiger partial charge >= 0.3 is 0 Å². The van der Waals surface area contributed by atoms with Gasteiger partial charge < -0.3 is 9.88 Å². The van der Waals surface area contributed by atoms with Crippen molar-refractivity contribution in [1.82, 2.24) is 9.88 Å². The van der Waals surface area contributed by atoms with Crippen molar-refractivity contribution >= 4 is 5.69 Å². The van der Waals surface area contributed by atoms with Gasteiger partial charge in [-0.25, -0.2) is 0 Å². The van der Waals surface area contributed by atoms with E-state index in [9.17, 15) is 14.9 Å². The van der Waals surface area contributed by atoms with Crippen molar-refractivity contribution < 1.29 is 4.92 Å². The summed E-state index contributed by atoms with van der Waals surface area (Å²) in [5.74, 6) is 0. The Morgan fingerprint density at radius 3 is 2.76 bits per heavy atom. The van der Waals surface area contributed by atoms with Crippen LogP contribution in [0.15, 0.2) is 23.1 Å². The van der Waals surface area contributed by atoms with Gasteiger partial charge in [0, 0.05) is 24.7 Å². The third kappa shape index (κ3) is 4.36. The van der Waals surface area contributed by atoms with Crippen LogP contribution in [0.5, 0.6) is 0 Å². The number of aryl methyl sites for hydroxylation is 1. The van der Waals surface area contributed by atoms with E-state index in [1.165, 1.54) is 22.9 Å². The lowest BCUT2D eigenvalue weighted by atomic mass is 10.3. The maximum atomic E-state index is 11.4. The summed E-state index contributed by atoms with van der Waals surface area (Å²) in [6.45, 7) is 5.35. The molecule has 0 unspecified atom stereocenters. The molecule has 0 aromatic carbocycles. The Bertz CT molecular complexity index is 440. The van der Waals surface area contributed by atoms with Gasteiger partial charge in [0.1, 0.15) is 0 Å². The standard InChI is InChI=1S/C11H17N3O3/c1-9(2)12-6-3-7-13-8-10(14(16)17)4-5-11(13)15/h4-5,8-9,12H,3,6-7H2,1-2H3. The zero-order valence-corrected chi connectivity index (χ0v) is 10.0. The molecule has 1 aromatic heterocycles. The Morgan fingerprint density at radius 2 is 2.18 bits per heavy atom. The maximum Gasteiger partial charge on any atom is 0.285 e. The quantitative estimate of drug-likeness (QED) is 0.459. The van der Waals surface area contributed by atoms with Crippen LogP contribution in [0.1, 0.15) is 20.3 Å². The van der Waals surface area contributed by atoms with Crippen molar-refractivity contribution in [3.05, 3.63) is 38.8 Å². The molecule has 0 aliphatic heterocycles. The zero-order valence-electron chi connectivity index (χ0n) is 10.0. The van der Waals surface area contributed by atoms with Gasteiger partial charge in [-0.3, -0.25) is 14.9 Å². The van der Waals surface area contributed by atoms with Crippen molar-refractivity contribution in [3.63, 3.8) is 0 Å². The second-order valence-electron chi connectivity index (χ2n) is 4.14. The summed E-state index contributed by atoms with van der Waals surface area (Å²) >= 11 is 0. The third-order valence-electron chi connectivity index (χ3n) is 2.31. The molecule has 17 heavy (non-hydrogen) atoms. The molecule has 0 radical (unpaired) electrons. The lowest BCUT2D eigenvalue weighted by molar-refractivity contribution is -0.385. The fraction of sp³-hybridized carbons (Fsp3) is 0.545. The van der Waals surface area contributed by atoms with Gasteiger partial charge in [0.2, 0.25) is 0 Å². The molecule has 0 aliphatic rings. The minimum Gasteiger partial charge on any atom is -0.314 e. The molecule has 0 saturated heterocycles. The Labute approximate surface area is 99.4 Å². The molecule has 0 bridgehead atoms. The van der Waals surface area contributed by atoms with E-state index < -0.39 is 4.92 Å². The molecule has 1 rings (SSSR count). The highest BCUT2D eigenvalue weighted by molar-refractivity contribution is 5.24. The molecular weight excluding hydrogens is 222 g/mol. The molecule has 0 saturated carbocycles. The van der Waals surface area contributed by atoms with Crippen LogP contribution in [0.2, 0.25) is 0 Å². The molecule has 0 atom stereocenters. The van der Waals surface area contributed by atoms with Crippen LogP contribution in [-0.4, -0.2) is 22.1 Å². The lowest BCUT2D eigenvalue weighted by Gasteiger charge is -2.08. The van der Waals surface area contributed by atoms with E-state index in [2.05, 4.69) is 5.32 Å². The second-order valence-corrected chi connectivity index (χ2v) is 4.14. The predicted molar refractivity (Wildman–Crippen MR) is 65.1 cm³/mol. The Hall–Kier alpha value is -1.69. The molecule has 0 spiro atoms. The number of nitro groups is 1. The largest absolute Gasteiger partial charge is 0.314 e. The summed E-state index contributed by atoms with van der Waals surface area (Å²) in [6.07, 6.45) is 2.05. The van der Waals surface area contributed by atoms with E-state index in [4.69, 9.17) is 0 Å². The molecule has 1 aromatic rings. The van der Waals surface area contributed by atoms with Crippen LogP contribution >= 0.6 is 0 Å². The van der Waals surface area contributed by atoms with Crippen molar-refractivity contribution in [2.24, 2.45) is 0 Å². The summed E-state index contributed by atoms with van der Waals surface area (Å²) in [7, 11) is 0. The molecule has 1 N–H and O–H groups in total. The Morgan fingerprint density at radius 1 is 1.47 bits per heavy atom. The number of nitrogens with zero attached hydrogens (tertiary/aromatic N) is 2. The average molecular weight is 239 g/mol. The number of aromatic nitrogens is 1. The second kappa shape index (κ2) is 6.15. The van der Waals surface area contributed by atoms with Crippen LogP contribution in [0.3, 0.4) is 0 Å². The molecule has 6 heteroatoms. The first-order chi connectivity index (χ1) is 8.00. The summed E-state index contributed by atoms with van der Waals surface area (Å²) in [5, 5.41) is 13.8. The SMILES string of the molecule is CC(C)NCCCn1cc([N+](=O)[O-])ccc1=O. The first kappa shape index (κ1) is 13.4. The van der Waals surface area contributed by atoms with E-state index in [0.29, 0.717) is 12.6 Å². The number of hydrogen-bond acceptors (Lipinski definition) is 4. The normalized spacial score (nSPS) is 10.8. The summed E-state index contributed by atoms with van der Waals surface area (Å²) < 4.78 is 1.38. The molecular formula is C11H17N3O3. The van der Waals surface area contributed by atoms with E-state index in [-0.39, 0.29) is 11.2 Å². The van der Waals surface area contributed by atoms with Gasteiger partial charge in [0.25, 0.3) is 11.2 Å². The first-order valence-corrected chi connectivity index (χ1v) is 5.59. The van der Waals surface area contributed by atoms with Crippen LogP contribution < -0.4 is 10.9 Å². The minimum absolute atomic E-state index is 0.0542. The Kier molecular flexibility index (Phi) is 4.84. The summed E-state index contributed by atoms with van der Waals surface area (Å²) in [5.41, 5.74) is -0.262. The van der Waals surface area contributed by atoms with Gasteiger partial charge in [-0.15, -0.1) is 0 Å². The van der Waals surface area contributed by atoms with E-state index >= 15 is 0 Å². The Balaban J connectivity index is 2.61. The minimum atomic E-state index is -0.498. The fourth-order valence-corrected chi connectivity index (χ4v) is 1.44. The average Bonchev–Trinajstić information content (AvgIpc) is 2.25. The van der Waals surface area contributed by atoms with Gasteiger partial charge in [0.05, 0.1) is 11.1 Å². The lowest BCUT2D eigenvalue weighted by Crippen LogP contribution is -2.26. The fourth-order valence-electron chi connectivity index (χ4n) is 1.44. The van der Waals surface area contributed by atoms with Gasteiger partial charge in [-0.2, -0.15) is 0 Å². The van der Waals surface area contributed by atoms with Crippen molar-refractivity contribution in [2.45, 2.75) is 32.9 Å². The van der Waals surface area contributed by atoms with E-state index in [1.54, 1.807) is 0 Å². The predicted octanol–water partition coefficient (Wildman–Crippen LogP) is 1.14. The topological polar surface area (TPSA) is 77.2 Å².